The van der Waals surface area contributed by atoms with Crippen LogP contribution >= 0.6 is 0 Å². The van der Waals surface area contributed by atoms with Crippen LogP contribution in [0.4, 0.5) is 0 Å². The van der Waals surface area contributed by atoms with Crippen molar-refractivity contribution in [2.45, 2.75) is 34.1 Å². The lowest BCUT2D eigenvalue weighted by atomic mass is 10.1. The molecule has 1 N–H and O–H groups in total. The number of rotatable bonds is 2. The fraction of sp³-hybridized carbons (Fsp3) is 0.333. The summed E-state index contributed by atoms with van der Waals surface area (Å²) in [5, 5.41) is 0. The van der Waals surface area contributed by atoms with Gasteiger partial charge in [0.05, 0.1) is 0 Å². The Labute approximate surface area is 100 Å². The van der Waals surface area contributed by atoms with E-state index < -0.39 is 0 Å². The van der Waals surface area contributed by atoms with Gasteiger partial charge < -0.3 is 4.98 Å². The van der Waals surface area contributed by atoms with E-state index in [-0.39, 0.29) is 1.43 Å². The molecule has 0 spiro atoms. The van der Waals surface area contributed by atoms with Crippen molar-refractivity contribution in [3.8, 4) is 11.3 Å². The molecule has 1 heterocycles. The van der Waals surface area contributed by atoms with E-state index in [0.29, 0.717) is 0 Å². The zero-order chi connectivity index (χ0) is 12.0. The van der Waals surface area contributed by atoms with Gasteiger partial charge in [-0.2, -0.15) is 0 Å². The van der Waals surface area contributed by atoms with Crippen molar-refractivity contribution in [3.63, 3.8) is 0 Å². The molecule has 2 aromatic rings. The van der Waals surface area contributed by atoms with Crippen molar-refractivity contribution in [3.05, 3.63) is 47.7 Å². The van der Waals surface area contributed by atoms with Crippen molar-refractivity contribution < 1.29 is 1.43 Å². The van der Waals surface area contributed by atoms with Crippen LogP contribution in [-0.2, 0) is 6.42 Å². The van der Waals surface area contributed by atoms with Gasteiger partial charge in [0.25, 0.3) is 0 Å². The molecule has 0 bridgehead atoms. The van der Waals surface area contributed by atoms with E-state index >= 15 is 0 Å². The Balaban J connectivity index is 0.000000811. The normalized spacial score (nSPS) is 9.50. The molecule has 1 aromatic heterocycles. The smallest absolute Gasteiger partial charge is 0.0456 e. The minimum absolute atomic E-state index is 0. The van der Waals surface area contributed by atoms with Crippen molar-refractivity contribution in [1.29, 1.82) is 0 Å². The van der Waals surface area contributed by atoms with Crippen LogP contribution in [0.3, 0.4) is 0 Å². The summed E-state index contributed by atoms with van der Waals surface area (Å²) in [6.45, 7) is 8.26. The number of aromatic amines is 1. The highest BCUT2D eigenvalue weighted by atomic mass is 14.7. The summed E-state index contributed by atoms with van der Waals surface area (Å²) >= 11 is 0. The summed E-state index contributed by atoms with van der Waals surface area (Å²) in [6, 6.07) is 12.9. The largest absolute Gasteiger partial charge is 0.358 e. The molecule has 0 saturated heterocycles. The second-order valence-electron chi connectivity index (χ2n) is 3.62. The minimum atomic E-state index is 0. The zero-order valence-corrected chi connectivity index (χ0v) is 10.7. The van der Waals surface area contributed by atoms with Gasteiger partial charge in [-0.05, 0) is 31.0 Å². The maximum atomic E-state index is 3.40. The number of hydrogen-bond donors (Lipinski definition) is 1. The summed E-state index contributed by atoms with van der Waals surface area (Å²) in [7, 11) is 0. The molecule has 16 heavy (non-hydrogen) atoms. The van der Waals surface area contributed by atoms with Gasteiger partial charge in [-0.25, -0.2) is 0 Å². The molecular weight excluding hydrogens is 194 g/mol. The molecule has 2 rings (SSSR count). The highest BCUT2D eigenvalue weighted by molar-refractivity contribution is 5.60. The van der Waals surface area contributed by atoms with Crippen LogP contribution in [-0.4, -0.2) is 4.98 Å². The van der Waals surface area contributed by atoms with Gasteiger partial charge in [0.1, 0.15) is 0 Å². The van der Waals surface area contributed by atoms with Crippen LogP contribution < -0.4 is 0 Å². The maximum Gasteiger partial charge on any atom is 0.0456 e. The predicted octanol–water partition coefficient (Wildman–Crippen LogP) is 4.82. The maximum absolute atomic E-state index is 3.40. The lowest BCUT2D eigenvalue weighted by Gasteiger charge is -1.98. The van der Waals surface area contributed by atoms with E-state index in [9.17, 15) is 0 Å². The quantitative estimate of drug-likeness (QED) is 0.742. The van der Waals surface area contributed by atoms with Gasteiger partial charge in [-0.3, -0.25) is 0 Å². The number of hydrogen-bond acceptors (Lipinski definition) is 0. The minimum Gasteiger partial charge on any atom is -0.358 e. The molecule has 0 saturated carbocycles. The molecular formula is C15H23N. The Kier molecular flexibility index (Phi) is 4.84. The molecule has 0 atom stereocenters. The van der Waals surface area contributed by atoms with Crippen LogP contribution in [0.1, 0.15) is 33.5 Å². The van der Waals surface area contributed by atoms with Crippen molar-refractivity contribution in [1.82, 2.24) is 4.98 Å². The topological polar surface area (TPSA) is 15.8 Å². The van der Waals surface area contributed by atoms with E-state index in [1.807, 2.05) is 13.8 Å². The number of aryl methyl sites for hydroxylation is 2. The summed E-state index contributed by atoms with van der Waals surface area (Å²) < 4.78 is 0. The summed E-state index contributed by atoms with van der Waals surface area (Å²) in [4.78, 5) is 3.40. The van der Waals surface area contributed by atoms with Crippen LogP contribution in [0.5, 0.6) is 0 Å². The Bertz CT molecular complexity index is 415. The van der Waals surface area contributed by atoms with Crippen LogP contribution in [0.2, 0.25) is 0 Å². The van der Waals surface area contributed by atoms with E-state index in [4.69, 9.17) is 0 Å². The fourth-order valence-electron chi connectivity index (χ4n) is 1.55. The molecule has 1 nitrogen and oxygen atoms in total. The lowest BCUT2D eigenvalue weighted by molar-refractivity contribution is 1.07. The fourth-order valence-corrected chi connectivity index (χ4v) is 1.55. The third-order valence-corrected chi connectivity index (χ3v) is 2.49. The molecule has 0 unspecified atom stereocenters. The molecule has 0 aliphatic heterocycles. The van der Waals surface area contributed by atoms with Crippen LogP contribution in [0, 0.1) is 6.92 Å². The van der Waals surface area contributed by atoms with E-state index in [0.717, 1.165) is 6.42 Å². The summed E-state index contributed by atoms with van der Waals surface area (Å²) in [5.41, 5.74) is 5.06. The first-order valence-electron chi connectivity index (χ1n) is 6.04. The van der Waals surface area contributed by atoms with E-state index in [2.05, 4.69) is 55.2 Å². The van der Waals surface area contributed by atoms with Crippen molar-refractivity contribution >= 4 is 0 Å². The highest BCUT2D eigenvalue weighted by Gasteiger charge is 1.99. The molecule has 0 aliphatic rings. The standard InChI is InChI=1S/C13H15N.C2H6.H2/c1-3-12-8-9-13(14-12)11-6-4-10(2)5-7-11;1-2;/h4-9,14H,3H2,1-2H3;1-2H3;1H. The van der Waals surface area contributed by atoms with Gasteiger partial charge >= 0.3 is 0 Å². The average molecular weight is 217 g/mol. The SMILES string of the molecule is CC.CCc1ccc(-c2ccc(C)cc2)[nH]1.[HH]. The first-order chi connectivity index (χ1) is 7.79. The first kappa shape index (κ1) is 12.6. The van der Waals surface area contributed by atoms with Gasteiger partial charge in [0, 0.05) is 12.8 Å². The molecule has 0 amide bonds. The van der Waals surface area contributed by atoms with Gasteiger partial charge in [0.15, 0.2) is 0 Å². The lowest BCUT2D eigenvalue weighted by Crippen LogP contribution is -1.81. The Hall–Kier alpha value is -1.50. The van der Waals surface area contributed by atoms with E-state index in [1.54, 1.807) is 0 Å². The molecule has 88 valence electrons. The second-order valence-corrected chi connectivity index (χ2v) is 3.62. The Morgan fingerprint density at radius 3 is 2.12 bits per heavy atom. The molecule has 1 aromatic carbocycles. The van der Waals surface area contributed by atoms with E-state index in [1.165, 1.54) is 22.5 Å². The predicted molar refractivity (Wildman–Crippen MR) is 73.8 cm³/mol. The highest BCUT2D eigenvalue weighted by Crippen LogP contribution is 2.18. The van der Waals surface area contributed by atoms with Crippen molar-refractivity contribution in [2.24, 2.45) is 0 Å². The molecule has 0 aliphatic carbocycles. The monoisotopic (exact) mass is 217 g/mol. The Morgan fingerprint density at radius 2 is 1.62 bits per heavy atom. The van der Waals surface area contributed by atoms with Crippen LogP contribution in [0.15, 0.2) is 36.4 Å². The number of benzene rings is 1. The Morgan fingerprint density at radius 1 is 1.00 bits per heavy atom. The van der Waals surface area contributed by atoms with Gasteiger partial charge in [-0.15, -0.1) is 0 Å². The van der Waals surface area contributed by atoms with Gasteiger partial charge in [0.2, 0.25) is 0 Å². The third kappa shape index (κ3) is 2.99. The second kappa shape index (κ2) is 6.16. The first-order valence-corrected chi connectivity index (χ1v) is 6.04. The molecule has 1 heteroatoms. The zero-order valence-electron chi connectivity index (χ0n) is 10.7. The number of aromatic nitrogens is 1. The number of nitrogens with one attached hydrogen (secondary N) is 1. The molecule has 0 fully saturated rings. The average Bonchev–Trinajstić information content (AvgIpc) is 2.81. The summed E-state index contributed by atoms with van der Waals surface area (Å²) in [5.74, 6) is 0. The van der Waals surface area contributed by atoms with Crippen LogP contribution in [0.25, 0.3) is 11.3 Å². The third-order valence-electron chi connectivity index (χ3n) is 2.49. The van der Waals surface area contributed by atoms with Crippen molar-refractivity contribution in [2.75, 3.05) is 0 Å². The number of H-pyrrole nitrogens is 1. The summed E-state index contributed by atoms with van der Waals surface area (Å²) in [6.07, 6.45) is 1.06. The molecule has 0 radical (unpaired) electrons. The van der Waals surface area contributed by atoms with Gasteiger partial charge in [-0.1, -0.05) is 50.6 Å².